The Bertz CT molecular complexity index is 2410. The van der Waals surface area contributed by atoms with Gasteiger partial charge >= 0.3 is 39.5 Å². The summed E-state index contributed by atoms with van der Waals surface area (Å²) in [6, 6.07) is 0. The van der Waals surface area contributed by atoms with Crippen molar-refractivity contribution in [2.75, 3.05) is 39.6 Å². The van der Waals surface area contributed by atoms with Crippen LogP contribution in [0.25, 0.3) is 0 Å². The van der Waals surface area contributed by atoms with Gasteiger partial charge in [-0.2, -0.15) is 0 Å². The van der Waals surface area contributed by atoms with Crippen molar-refractivity contribution in [1.29, 1.82) is 0 Å². The van der Waals surface area contributed by atoms with Crippen LogP contribution in [0.3, 0.4) is 0 Å². The summed E-state index contributed by atoms with van der Waals surface area (Å²) < 4.78 is 68.5. The molecule has 2 unspecified atom stereocenters. The lowest BCUT2D eigenvalue weighted by molar-refractivity contribution is -0.161. The van der Waals surface area contributed by atoms with Gasteiger partial charge in [-0.1, -0.05) is 284 Å². The van der Waals surface area contributed by atoms with Gasteiger partial charge in [-0.3, -0.25) is 37.3 Å². The molecule has 102 heavy (non-hydrogen) atoms. The number of phosphoric acid groups is 2. The van der Waals surface area contributed by atoms with E-state index in [2.05, 4.69) is 125 Å². The summed E-state index contributed by atoms with van der Waals surface area (Å²) in [6.45, 7) is 4.67. The van der Waals surface area contributed by atoms with E-state index >= 15 is 0 Å². The third kappa shape index (κ3) is 73.8. The molecule has 0 aliphatic rings. The number of esters is 4. The minimum atomic E-state index is -5.00. The van der Waals surface area contributed by atoms with E-state index in [1.54, 1.807) is 0 Å². The smallest absolute Gasteiger partial charge is 0.462 e. The van der Waals surface area contributed by atoms with E-state index in [0.29, 0.717) is 38.5 Å². The Morgan fingerprint density at radius 2 is 0.490 bits per heavy atom. The topological polar surface area (TPSA) is 237 Å². The van der Waals surface area contributed by atoms with Crippen molar-refractivity contribution in [3.05, 3.63) is 122 Å². The molecule has 0 fully saturated rings. The lowest BCUT2D eigenvalue weighted by atomic mass is 10.0. The Morgan fingerprint density at radius 1 is 0.275 bits per heavy atom. The Labute approximate surface area is 619 Å². The SMILES string of the molecule is CCCCC/C=C\C/C=C\C/C=C\C/C=C\CCCC(=O)OC[C@H](COP(=O)(O)OC[C@H](O)COP(=O)(O)OC[C@@H](COC(=O)CCC/C=C\C/C=C\C/C=C\C/C=C\CCCCC)OC(=O)CCCCCCCCCCCCCCC)OC(=O)CCCCCCC/C=C\C/C=C\CCCCC. The fourth-order valence-corrected chi connectivity index (χ4v) is 11.9. The van der Waals surface area contributed by atoms with Crippen LogP contribution in [0.1, 0.15) is 323 Å². The molecule has 586 valence electrons. The molecule has 0 spiro atoms. The van der Waals surface area contributed by atoms with Crippen LogP contribution in [-0.2, 0) is 65.4 Å². The molecule has 0 aromatic rings. The first-order valence-electron chi connectivity index (χ1n) is 39.8. The van der Waals surface area contributed by atoms with E-state index in [-0.39, 0.29) is 25.7 Å². The first-order chi connectivity index (χ1) is 49.7. The quantitative estimate of drug-likeness (QED) is 0.0169. The summed E-state index contributed by atoms with van der Waals surface area (Å²) in [6.07, 6.45) is 81.9. The van der Waals surface area contributed by atoms with Crippen LogP contribution in [-0.4, -0.2) is 96.7 Å². The molecule has 0 amide bonds. The summed E-state index contributed by atoms with van der Waals surface area (Å²) >= 11 is 0. The number of aliphatic hydroxyl groups excluding tert-OH is 1. The predicted molar refractivity (Wildman–Crippen MR) is 418 cm³/mol. The fourth-order valence-electron chi connectivity index (χ4n) is 10.3. The highest BCUT2D eigenvalue weighted by Crippen LogP contribution is 2.45. The van der Waals surface area contributed by atoms with Crippen LogP contribution in [0.15, 0.2) is 122 Å². The highest BCUT2D eigenvalue weighted by atomic mass is 31.2. The highest BCUT2D eigenvalue weighted by Gasteiger charge is 2.30. The van der Waals surface area contributed by atoms with Gasteiger partial charge in [0.05, 0.1) is 26.4 Å². The van der Waals surface area contributed by atoms with Crippen LogP contribution >= 0.6 is 15.6 Å². The van der Waals surface area contributed by atoms with Crippen LogP contribution in [0.4, 0.5) is 0 Å². The van der Waals surface area contributed by atoms with E-state index in [9.17, 15) is 43.2 Å². The third-order valence-corrected chi connectivity index (χ3v) is 18.3. The number of carbonyl (C=O) groups excluding carboxylic acids is 4. The number of phosphoric ester groups is 2. The Balaban J connectivity index is 5.45. The third-order valence-electron chi connectivity index (χ3n) is 16.4. The Hall–Kier alpha value is -4.54. The number of ether oxygens (including phenoxy) is 4. The van der Waals surface area contributed by atoms with Gasteiger partial charge in [0.25, 0.3) is 0 Å². The van der Waals surface area contributed by atoms with Crippen LogP contribution in [0, 0.1) is 0 Å². The second-order valence-corrected chi connectivity index (χ2v) is 29.2. The number of unbranched alkanes of at least 4 members (excludes halogenated alkanes) is 28. The second-order valence-electron chi connectivity index (χ2n) is 26.3. The number of rotatable bonds is 74. The summed E-state index contributed by atoms with van der Waals surface area (Å²) in [5, 5.41) is 10.6. The maximum absolute atomic E-state index is 13.1. The van der Waals surface area contributed by atoms with E-state index in [0.717, 1.165) is 122 Å². The molecule has 0 bridgehead atoms. The standard InChI is InChI=1S/C83H142O17P2/c1-5-9-13-17-21-25-29-33-36-38-41-44-47-51-55-59-63-67-80(85)93-73-78(99-82(87)69-65-61-57-53-49-43-32-28-24-20-16-12-8-4)75-97-101(89,90)95-71-77(84)72-96-102(91,92)98-76-79(100-83(88)70-66-62-58-54-50-46-40-35-31-27-23-19-15-11-7-3)74-94-81(86)68-64-60-56-52-48-45-42-39-37-34-30-26-22-18-14-10-6-2/h21-23,25-27,33-37,40-42,44-45,51-52,55-56,77-79,84H,5-20,24,28-32,38-39,43,46-50,53-54,57-76H2,1-4H3,(H,89,90)(H,91,92)/b25-21-,26-22-,27-23-,36-33-,37-34-,40-35-,44-41-,45-42-,55-51-,56-52-/t77-,78-,79-/m1/s1. The summed E-state index contributed by atoms with van der Waals surface area (Å²) in [4.78, 5) is 72.9. The molecule has 0 saturated carbocycles. The molecule has 19 heteroatoms. The first kappa shape index (κ1) is 97.5. The number of aliphatic hydroxyl groups is 1. The van der Waals surface area contributed by atoms with E-state index in [1.807, 2.05) is 24.3 Å². The minimum absolute atomic E-state index is 0.0645. The van der Waals surface area contributed by atoms with Gasteiger partial charge in [0, 0.05) is 25.7 Å². The molecular formula is C83H142O17P2. The van der Waals surface area contributed by atoms with Crippen molar-refractivity contribution >= 4 is 39.5 Å². The molecule has 3 N–H and O–H groups in total. The van der Waals surface area contributed by atoms with Crippen molar-refractivity contribution in [3.8, 4) is 0 Å². The lowest BCUT2D eigenvalue weighted by Gasteiger charge is -2.21. The van der Waals surface area contributed by atoms with Crippen molar-refractivity contribution in [2.45, 2.75) is 341 Å². The average Bonchev–Trinajstić information content (AvgIpc) is 0.939. The zero-order valence-electron chi connectivity index (χ0n) is 64.0. The number of carbonyl (C=O) groups is 4. The number of allylic oxidation sites excluding steroid dienone is 20. The monoisotopic (exact) mass is 1470 g/mol. The van der Waals surface area contributed by atoms with Gasteiger partial charge in [0.15, 0.2) is 12.2 Å². The summed E-state index contributed by atoms with van der Waals surface area (Å²) in [5.74, 6) is -2.31. The predicted octanol–water partition coefficient (Wildman–Crippen LogP) is 23.1. The van der Waals surface area contributed by atoms with Crippen molar-refractivity contribution in [1.82, 2.24) is 0 Å². The van der Waals surface area contributed by atoms with Crippen LogP contribution in [0.5, 0.6) is 0 Å². The number of hydrogen-bond acceptors (Lipinski definition) is 15. The molecule has 5 atom stereocenters. The molecule has 0 radical (unpaired) electrons. The van der Waals surface area contributed by atoms with Gasteiger partial charge in [-0.15, -0.1) is 0 Å². The summed E-state index contributed by atoms with van der Waals surface area (Å²) in [7, 11) is -9.99. The fraction of sp³-hybridized carbons (Fsp3) is 0.711. The molecule has 0 heterocycles. The molecular weight excluding hydrogens is 1330 g/mol. The molecule has 17 nitrogen and oxygen atoms in total. The lowest BCUT2D eigenvalue weighted by Crippen LogP contribution is -2.30. The zero-order chi connectivity index (χ0) is 74.6. The molecule has 0 saturated heterocycles. The van der Waals surface area contributed by atoms with E-state index in [1.165, 1.54) is 109 Å². The molecule has 0 aromatic heterocycles. The maximum atomic E-state index is 13.1. The highest BCUT2D eigenvalue weighted by molar-refractivity contribution is 7.47. The van der Waals surface area contributed by atoms with E-state index < -0.39 is 97.5 Å². The van der Waals surface area contributed by atoms with E-state index in [4.69, 9.17) is 37.0 Å². The summed E-state index contributed by atoms with van der Waals surface area (Å²) in [5.41, 5.74) is 0. The van der Waals surface area contributed by atoms with Crippen molar-refractivity contribution in [2.24, 2.45) is 0 Å². The van der Waals surface area contributed by atoms with Crippen molar-refractivity contribution in [3.63, 3.8) is 0 Å². The van der Waals surface area contributed by atoms with Gasteiger partial charge in [-0.05, 0) is 135 Å². The molecule has 0 aliphatic carbocycles. The first-order valence-corrected chi connectivity index (χ1v) is 42.8. The Morgan fingerprint density at radius 3 is 0.784 bits per heavy atom. The Kier molecular flexibility index (Phi) is 71.4. The normalized spacial score (nSPS) is 14.5. The van der Waals surface area contributed by atoms with Gasteiger partial charge in [0.2, 0.25) is 0 Å². The van der Waals surface area contributed by atoms with Crippen molar-refractivity contribution < 1.29 is 80.2 Å². The largest absolute Gasteiger partial charge is 0.472 e. The van der Waals surface area contributed by atoms with Gasteiger partial charge in [-0.25, -0.2) is 9.13 Å². The second kappa shape index (κ2) is 74.7. The minimum Gasteiger partial charge on any atom is -0.462 e. The molecule has 0 rings (SSSR count). The van der Waals surface area contributed by atoms with Crippen LogP contribution < -0.4 is 0 Å². The van der Waals surface area contributed by atoms with Gasteiger partial charge in [0.1, 0.15) is 19.3 Å². The maximum Gasteiger partial charge on any atom is 0.472 e. The molecule has 0 aromatic carbocycles. The number of hydrogen-bond donors (Lipinski definition) is 3. The average molecular weight is 1470 g/mol. The zero-order valence-corrected chi connectivity index (χ0v) is 65.8. The van der Waals surface area contributed by atoms with Gasteiger partial charge < -0.3 is 33.8 Å². The van der Waals surface area contributed by atoms with Crippen LogP contribution in [0.2, 0.25) is 0 Å². The molecule has 0 aliphatic heterocycles.